The topological polar surface area (TPSA) is 40.5 Å². The molecule has 0 bridgehead atoms. The van der Waals surface area contributed by atoms with Gasteiger partial charge in [0, 0.05) is 11.7 Å². The maximum Gasteiger partial charge on any atom is 0.323 e. The highest BCUT2D eigenvalue weighted by molar-refractivity contribution is 5.74. The van der Waals surface area contributed by atoms with Crippen molar-refractivity contribution in [3.8, 4) is 0 Å². The monoisotopic (exact) mass is 263 g/mol. The summed E-state index contributed by atoms with van der Waals surface area (Å²) in [6.45, 7) is 6.61. The maximum atomic E-state index is 11.1. The Labute approximate surface area is 116 Å². The van der Waals surface area contributed by atoms with E-state index in [0.717, 1.165) is 24.9 Å². The molecule has 1 aromatic carbocycles. The fourth-order valence-corrected chi connectivity index (χ4v) is 2.34. The fraction of sp³-hybridized carbons (Fsp3) is 0.562. The SMILES string of the molecule is CCC(C)CC(CC)N(CC(=O)O)c1ccccc1. The highest BCUT2D eigenvalue weighted by Crippen LogP contribution is 2.23. The van der Waals surface area contributed by atoms with Gasteiger partial charge in [0.1, 0.15) is 6.54 Å². The number of aliphatic carboxylic acids is 1. The molecule has 0 aliphatic heterocycles. The fourth-order valence-electron chi connectivity index (χ4n) is 2.34. The molecular formula is C16H25NO2. The minimum absolute atomic E-state index is 0.0684. The number of rotatable bonds is 8. The van der Waals surface area contributed by atoms with Gasteiger partial charge in [0.25, 0.3) is 0 Å². The minimum atomic E-state index is -0.772. The molecule has 3 heteroatoms. The molecule has 1 aromatic rings. The van der Waals surface area contributed by atoms with E-state index in [4.69, 9.17) is 5.11 Å². The summed E-state index contributed by atoms with van der Waals surface area (Å²) in [4.78, 5) is 13.1. The molecule has 0 aliphatic rings. The molecule has 0 fully saturated rings. The van der Waals surface area contributed by atoms with Crippen LogP contribution in [0.25, 0.3) is 0 Å². The molecule has 1 rings (SSSR count). The first-order chi connectivity index (χ1) is 9.08. The lowest BCUT2D eigenvalue weighted by Gasteiger charge is -2.33. The number of anilines is 1. The molecule has 0 heterocycles. The summed E-state index contributed by atoms with van der Waals surface area (Å²) < 4.78 is 0. The van der Waals surface area contributed by atoms with Crippen molar-refractivity contribution >= 4 is 11.7 Å². The molecule has 0 radical (unpaired) electrons. The third-order valence-corrected chi connectivity index (χ3v) is 3.68. The van der Waals surface area contributed by atoms with E-state index in [2.05, 4.69) is 20.8 Å². The zero-order valence-corrected chi connectivity index (χ0v) is 12.2. The third-order valence-electron chi connectivity index (χ3n) is 3.68. The van der Waals surface area contributed by atoms with Crippen LogP contribution in [0.5, 0.6) is 0 Å². The van der Waals surface area contributed by atoms with Gasteiger partial charge in [0.2, 0.25) is 0 Å². The predicted octanol–water partition coefficient (Wildman–Crippen LogP) is 3.79. The van der Waals surface area contributed by atoms with Crippen molar-refractivity contribution < 1.29 is 9.90 Å². The normalized spacial score (nSPS) is 13.8. The van der Waals surface area contributed by atoms with Gasteiger partial charge in [-0.2, -0.15) is 0 Å². The first kappa shape index (κ1) is 15.5. The Kier molecular flexibility index (Phi) is 6.40. The molecule has 0 saturated carbocycles. The van der Waals surface area contributed by atoms with Crippen molar-refractivity contribution in [1.29, 1.82) is 0 Å². The van der Waals surface area contributed by atoms with Crippen LogP contribution >= 0.6 is 0 Å². The largest absolute Gasteiger partial charge is 0.480 e. The van der Waals surface area contributed by atoms with Crippen LogP contribution in [-0.4, -0.2) is 23.7 Å². The first-order valence-electron chi connectivity index (χ1n) is 7.11. The van der Waals surface area contributed by atoms with Gasteiger partial charge in [0.15, 0.2) is 0 Å². The third kappa shape index (κ3) is 4.93. The molecular weight excluding hydrogens is 238 g/mol. The molecule has 0 aromatic heterocycles. The number of hydrogen-bond donors (Lipinski definition) is 1. The Balaban J connectivity index is 2.91. The molecule has 106 valence electrons. The molecule has 3 nitrogen and oxygen atoms in total. The molecule has 0 aliphatic carbocycles. The summed E-state index contributed by atoms with van der Waals surface area (Å²) >= 11 is 0. The van der Waals surface area contributed by atoms with E-state index >= 15 is 0 Å². The number of benzene rings is 1. The number of hydrogen-bond acceptors (Lipinski definition) is 2. The summed E-state index contributed by atoms with van der Waals surface area (Å²) in [6, 6.07) is 10.1. The lowest BCUT2D eigenvalue weighted by molar-refractivity contribution is -0.135. The highest BCUT2D eigenvalue weighted by Gasteiger charge is 2.21. The van der Waals surface area contributed by atoms with Crippen molar-refractivity contribution in [3.63, 3.8) is 0 Å². The van der Waals surface area contributed by atoms with Crippen LogP contribution in [0.15, 0.2) is 30.3 Å². The Morgan fingerprint density at radius 1 is 1.21 bits per heavy atom. The van der Waals surface area contributed by atoms with Crippen molar-refractivity contribution in [2.75, 3.05) is 11.4 Å². The second-order valence-electron chi connectivity index (χ2n) is 5.17. The Hall–Kier alpha value is -1.51. The van der Waals surface area contributed by atoms with Crippen LogP contribution in [0.4, 0.5) is 5.69 Å². The van der Waals surface area contributed by atoms with Gasteiger partial charge in [-0.15, -0.1) is 0 Å². The Bertz CT molecular complexity index is 378. The molecule has 0 saturated heterocycles. The van der Waals surface area contributed by atoms with Gasteiger partial charge in [-0.1, -0.05) is 45.4 Å². The van der Waals surface area contributed by atoms with E-state index in [-0.39, 0.29) is 12.6 Å². The van der Waals surface area contributed by atoms with Gasteiger partial charge >= 0.3 is 5.97 Å². The summed E-state index contributed by atoms with van der Waals surface area (Å²) in [5.41, 5.74) is 1.00. The smallest absolute Gasteiger partial charge is 0.323 e. The number of carboxylic acid groups (broad SMARTS) is 1. The van der Waals surface area contributed by atoms with E-state index in [1.165, 1.54) is 0 Å². The summed E-state index contributed by atoms with van der Waals surface area (Å²) in [5, 5.41) is 9.14. The summed E-state index contributed by atoms with van der Waals surface area (Å²) in [7, 11) is 0. The average Bonchev–Trinajstić information content (AvgIpc) is 2.43. The van der Waals surface area contributed by atoms with Gasteiger partial charge in [-0.3, -0.25) is 4.79 Å². The van der Waals surface area contributed by atoms with E-state index < -0.39 is 5.97 Å². The quantitative estimate of drug-likeness (QED) is 0.775. The van der Waals surface area contributed by atoms with Crippen LogP contribution in [0.1, 0.15) is 40.0 Å². The van der Waals surface area contributed by atoms with Crippen molar-refractivity contribution in [1.82, 2.24) is 0 Å². The van der Waals surface area contributed by atoms with Crippen LogP contribution in [-0.2, 0) is 4.79 Å². The second-order valence-corrected chi connectivity index (χ2v) is 5.17. The van der Waals surface area contributed by atoms with Gasteiger partial charge in [-0.05, 0) is 30.9 Å². The number of nitrogens with zero attached hydrogens (tertiary/aromatic N) is 1. The number of para-hydroxylation sites is 1. The van der Waals surface area contributed by atoms with Crippen LogP contribution < -0.4 is 4.90 Å². The summed E-state index contributed by atoms with van der Waals surface area (Å²) in [6.07, 6.45) is 3.13. The Morgan fingerprint density at radius 2 is 1.84 bits per heavy atom. The minimum Gasteiger partial charge on any atom is -0.480 e. The van der Waals surface area contributed by atoms with Crippen molar-refractivity contribution in [3.05, 3.63) is 30.3 Å². The first-order valence-corrected chi connectivity index (χ1v) is 7.11. The van der Waals surface area contributed by atoms with Crippen LogP contribution in [0, 0.1) is 5.92 Å². The summed E-state index contributed by atoms with van der Waals surface area (Å²) in [5.74, 6) is -0.156. The van der Waals surface area contributed by atoms with Crippen LogP contribution in [0.2, 0.25) is 0 Å². The zero-order chi connectivity index (χ0) is 14.3. The standard InChI is InChI=1S/C16H25NO2/c1-4-13(3)11-14(5-2)17(12-16(18)19)15-9-7-6-8-10-15/h6-10,13-14H,4-5,11-12H2,1-3H3,(H,18,19). The van der Waals surface area contributed by atoms with Gasteiger partial charge in [0.05, 0.1) is 0 Å². The lowest BCUT2D eigenvalue weighted by atomic mass is 9.96. The van der Waals surface area contributed by atoms with Crippen molar-refractivity contribution in [2.24, 2.45) is 5.92 Å². The predicted molar refractivity (Wildman–Crippen MR) is 79.6 cm³/mol. The lowest BCUT2D eigenvalue weighted by Crippen LogP contribution is -2.39. The second kappa shape index (κ2) is 7.82. The van der Waals surface area contributed by atoms with Gasteiger partial charge < -0.3 is 10.0 Å². The highest BCUT2D eigenvalue weighted by atomic mass is 16.4. The van der Waals surface area contributed by atoms with E-state index in [1.807, 2.05) is 35.2 Å². The molecule has 2 atom stereocenters. The van der Waals surface area contributed by atoms with Crippen LogP contribution in [0.3, 0.4) is 0 Å². The number of carbonyl (C=O) groups is 1. The molecule has 0 amide bonds. The molecule has 1 N–H and O–H groups in total. The van der Waals surface area contributed by atoms with E-state index in [9.17, 15) is 4.79 Å². The van der Waals surface area contributed by atoms with E-state index in [1.54, 1.807) is 0 Å². The molecule has 2 unspecified atom stereocenters. The molecule has 0 spiro atoms. The van der Waals surface area contributed by atoms with E-state index in [0.29, 0.717) is 5.92 Å². The maximum absolute atomic E-state index is 11.1. The Morgan fingerprint density at radius 3 is 2.32 bits per heavy atom. The number of carboxylic acids is 1. The van der Waals surface area contributed by atoms with Gasteiger partial charge in [-0.25, -0.2) is 0 Å². The average molecular weight is 263 g/mol. The molecule has 19 heavy (non-hydrogen) atoms. The zero-order valence-electron chi connectivity index (χ0n) is 12.2. The van der Waals surface area contributed by atoms with Crippen molar-refractivity contribution in [2.45, 2.75) is 46.1 Å².